The van der Waals surface area contributed by atoms with Gasteiger partial charge in [0.25, 0.3) is 0 Å². The lowest BCUT2D eigenvalue weighted by atomic mass is 10.1. The van der Waals surface area contributed by atoms with Crippen molar-refractivity contribution < 1.29 is 31.1 Å². The van der Waals surface area contributed by atoms with Crippen LogP contribution in [0.2, 0.25) is 0 Å². The molecule has 0 saturated carbocycles. The summed E-state index contributed by atoms with van der Waals surface area (Å²) in [7, 11) is 0. The normalized spacial score (nSPS) is 12.9. The molecule has 0 radical (unpaired) electrons. The number of unbranched alkanes of at least 4 members (excludes halogenated alkanes) is 4. The number of benzene rings is 1. The van der Waals surface area contributed by atoms with Crippen molar-refractivity contribution in [2.75, 3.05) is 13.2 Å². The van der Waals surface area contributed by atoms with Gasteiger partial charge in [-0.3, -0.25) is 0 Å². The maximum Gasteiger partial charge on any atom is 0.416 e. The molecule has 0 atom stereocenters. The minimum Gasteiger partial charge on any atom is -0.377 e. The van der Waals surface area contributed by atoms with E-state index < -0.39 is 23.5 Å². The van der Waals surface area contributed by atoms with E-state index in [0.29, 0.717) is 29.5 Å². The number of hydrogen-bond donors (Lipinski definition) is 1. The monoisotopic (exact) mass is 495 g/mol. The summed E-state index contributed by atoms with van der Waals surface area (Å²) in [4.78, 5) is 0.702. The Morgan fingerprint density at radius 2 is 1.55 bits per heavy atom. The number of rotatable bonds is 13. The van der Waals surface area contributed by atoms with Crippen LogP contribution < -0.4 is 5.32 Å². The summed E-state index contributed by atoms with van der Waals surface area (Å²) in [6.07, 6.45) is 2.40. The fourth-order valence-corrected chi connectivity index (χ4v) is 2.96. The van der Waals surface area contributed by atoms with Crippen LogP contribution in [0.3, 0.4) is 0 Å². The van der Waals surface area contributed by atoms with Gasteiger partial charge in [-0.1, -0.05) is 57.1 Å². The maximum atomic E-state index is 12.9. The van der Waals surface area contributed by atoms with Gasteiger partial charge >= 0.3 is 12.4 Å². The standard InChI is InChI=1S/C24H31F6NOS/c1-18(2)16-31-22(33)11-9-7-5-3-4-6-8-10-12-32-17-19-13-20(23(25,26)27)15-21(14-19)24(28,29)30/h5,7,9,11,13-15,18H,3-4,6,8,10,12,16-17H2,1-2H3,(H,31,33). The average Bonchev–Trinajstić information content (AvgIpc) is 2.71. The molecule has 0 fully saturated rings. The van der Waals surface area contributed by atoms with Crippen molar-refractivity contribution in [3.8, 4) is 0 Å². The van der Waals surface area contributed by atoms with E-state index in [9.17, 15) is 26.3 Å². The summed E-state index contributed by atoms with van der Waals surface area (Å²) in [6, 6.07) is 1.51. The SMILES string of the molecule is CC(C)CNC(=S)C=CC=CCCCCCCOCc1cc(C(F)(F)F)cc(C(F)(F)F)c1. The molecule has 9 heteroatoms. The Morgan fingerprint density at radius 1 is 0.939 bits per heavy atom. The molecule has 0 spiro atoms. The number of thiocarbonyl (C=S) groups is 1. The van der Waals surface area contributed by atoms with Crippen molar-refractivity contribution >= 4 is 17.2 Å². The summed E-state index contributed by atoms with van der Waals surface area (Å²) in [5.41, 5.74) is -2.80. The highest BCUT2D eigenvalue weighted by Gasteiger charge is 2.36. The number of allylic oxidation sites excluding steroid dienone is 3. The van der Waals surface area contributed by atoms with Crippen LogP contribution in [-0.4, -0.2) is 18.1 Å². The van der Waals surface area contributed by atoms with Crippen LogP contribution in [0.5, 0.6) is 0 Å². The molecule has 0 unspecified atom stereocenters. The largest absolute Gasteiger partial charge is 0.416 e. The molecule has 0 aliphatic heterocycles. The third kappa shape index (κ3) is 13.4. The zero-order valence-electron chi connectivity index (χ0n) is 18.9. The minimum absolute atomic E-state index is 0.117. The fourth-order valence-electron chi connectivity index (χ4n) is 2.79. The summed E-state index contributed by atoms with van der Waals surface area (Å²) in [6.45, 7) is 5.03. The maximum absolute atomic E-state index is 12.9. The highest BCUT2D eigenvalue weighted by molar-refractivity contribution is 7.80. The van der Waals surface area contributed by atoms with Crippen molar-refractivity contribution in [2.45, 2.75) is 64.9 Å². The van der Waals surface area contributed by atoms with E-state index in [4.69, 9.17) is 17.0 Å². The Bertz CT molecular complexity index is 752. The van der Waals surface area contributed by atoms with Gasteiger partial charge in [-0.05, 0) is 55.0 Å². The molecule has 0 saturated heterocycles. The van der Waals surface area contributed by atoms with E-state index in [-0.39, 0.29) is 24.8 Å². The molecule has 2 nitrogen and oxygen atoms in total. The lowest BCUT2D eigenvalue weighted by molar-refractivity contribution is -0.143. The highest BCUT2D eigenvalue weighted by atomic mass is 32.1. The third-order valence-corrected chi connectivity index (χ3v) is 4.79. The highest BCUT2D eigenvalue weighted by Crippen LogP contribution is 2.36. The first-order valence-electron chi connectivity index (χ1n) is 10.9. The number of halogens is 6. The van der Waals surface area contributed by atoms with Crippen LogP contribution >= 0.6 is 12.2 Å². The minimum atomic E-state index is -4.85. The number of hydrogen-bond acceptors (Lipinski definition) is 2. The second kappa shape index (κ2) is 14.4. The van der Waals surface area contributed by atoms with E-state index in [1.54, 1.807) is 0 Å². The van der Waals surface area contributed by atoms with Gasteiger partial charge in [0.05, 0.1) is 22.7 Å². The molecule has 186 valence electrons. The molecular weight excluding hydrogens is 464 g/mol. The molecule has 0 bridgehead atoms. The van der Waals surface area contributed by atoms with Gasteiger partial charge in [0, 0.05) is 13.2 Å². The molecule has 0 amide bonds. The van der Waals surface area contributed by atoms with Crippen molar-refractivity contribution in [2.24, 2.45) is 5.92 Å². The first kappa shape index (κ1) is 29.2. The van der Waals surface area contributed by atoms with Gasteiger partial charge in [-0.15, -0.1) is 0 Å². The van der Waals surface area contributed by atoms with Gasteiger partial charge < -0.3 is 10.1 Å². The van der Waals surface area contributed by atoms with E-state index in [2.05, 4.69) is 19.2 Å². The zero-order chi connectivity index (χ0) is 24.9. The van der Waals surface area contributed by atoms with Crippen LogP contribution in [0.25, 0.3) is 0 Å². The molecule has 0 aliphatic carbocycles. The topological polar surface area (TPSA) is 21.3 Å². The van der Waals surface area contributed by atoms with E-state index in [1.165, 1.54) is 0 Å². The van der Waals surface area contributed by atoms with E-state index >= 15 is 0 Å². The lowest BCUT2D eigenvalue weighted by Gasteiger charge is -2.14. The lowest BCUT2D eigenvalue weighted by Crippen LogP contribution is -2.23. The van der Waals surface area contributed by atoms with Crippen molar-refractivity contribution in [1.82, 2.24) is 5.32 Å². The van der Waals surface area contributed by atoms with E-state index in [0.717, 1.165) is 32.2 Å². The van der Waals surface area contributed by atoms with Gasteiger partial charge in [-0.25, -0.2) is 0 Å². The molecule has 1 aromatic carbocycles. The Labute approximate surface area is 197 Å². The van der Waals surface area contributed by atoms with Crippen LogP contribution in [0.1, 0.15) is 62.6 Å². The Balaban J connectivity index is 2.25. The van der Waals surface area contributed by atoms with Gasteiger partial charge in [0.2, 0.25) is 0 Å². The first-order valence-corrected chi connectivity index (χ1v) is 11.3. The molecule has 1 aromatic rings. The summed E-state index contributed by atoms with van der Waals surface area (Å²) >= 11 is 5.18. The summed E-state index contributed by atoms with van der Waals surface area (Å²) in [5, 5.41) is 3.15. The molecular formula is C24H31F6NOS. The van der Waals surface area contributed by atoms with Gasteiger partial charge in [0.1, 0.15) is 0 Å². The fraction of sp³-hybridized carbons (Fsp3) is 0.542. The summed E-state index contributed by atoms with van der Waals surface area (Å²) in [5.74, 6) is 0.528. The molecule has 33 heavy (non-hydrogen) atoms. The number of nitrogens with one attached hydrogen (secondary N) is 1. The Hall–Kier alpha value is -1.87. The number of alkyl halides is 6. The van der Waals surface area contributed by atoms with Crippen molar-refractivity contribution in [3.05, 3.63) is 59.2 Å². The zero-order valence-corrected chi connectivity index (χ0v) is 19.7. The third-order valence-electron chi connectivity index (χ3n) is 4.50. The van der Waals surface area contributed by atoms with Crippen LogP contribution in [0, 0.1) is 5.92 Å². The average molecular weight is 496 g/mol. The van der Waals surface area contributed by atoms with Crippen molar-refractivity contribution in [1.29, 1.82) is 0 Å². The smallest absolute Gasteiger partial charge is 0.377 e. The quantitative estimate of drug-likeness (QED) is 0.0989. The molecule has 0 aliphatic rings. The predicted octanol–water partition coefficient (Wildman–Crippen LogP) is 7.88. The van der Waals surface area contributed by atoms with Crippen molar-refractivity contribution in [3.63, 3.8) is 0 Å². The second-order valence-corrected chi connectivity index (χ2v) is 8.54. The molecule has 0 aromatic heterocycles. The first-order chi connectivity index (χ1) is 15.4. The second-order valence-electron chi connectivity index (χ2n) is 8.10. The van der Waals surface area contributed by atoms with Gasteiger partial charge in [-0.2, -0.15) is 26.3 Å². The number of ether oxygens (including phenoxy) is 1. The van der Waals surface area contributed by atoms with Crippen LogP contribution in [0.4, 0.5) is 26.3 Å². The Kier molecular flexibility index (Phi) is 12.7. The molecule has 0 heterocycles. The molecule has 1 N–H and O–H groups in total. The van der Waals surface area contributed by atoms with Gasteiger partial charge in [0.15, 0.2) is 0 Å². The van der Waals surface area contributed by atoms with E-state index in [1.807, 2.05) is 24.3 Å². The summed E-state index contributed by atoms with van der Waals surface area (Å²) < 4.78 is 82.5. The Morgan fingerprint density at radius 3 is 2.12 bits per heavy atom. The molecule has 1 rings (SSSR count). The van der Waals surface area contributed by atoms with Crippen LogP contribution in [0.15, 0.2) is 42.5 Å². The van der Waals surface area contributed by atoms with Crippen LogP contribution in [-0.2, 0) is 23.7 Å². The predicted molar refractivity (Wildman–Crippen MR) is 123 cm³/mol.